The second-order valence-electron chi connectivity index (χ2n) is 1.92. The quantitative estimate of drug-likeness (QED) is 0.442. The van der Waals surface area contributed by atoms with Gasteiger partial charge in [-0.25, -0.2) is 0 Å². The fourth-order valence-electron chi connectivity index (χ4n) is 0.663. The van der Waals surface area contributed by atoms with E-state index in [1.807, 2.05) is 5.32 Å². The first kappa shape index (κ1) is 7.28. The van der Waals surface area contributed by atoms with E-state index in [4.69, 9.17) is 5.26 Å². The average Bonchev–Trinajstić information content (AvgIpc) is 2.40. The van der Waals surface area contributed by atoms with E-state index in [0.717, 1.165) is 0 Å². The van der Waals surface area contributed by atoms with E-state index >= 15 is 0 Å². The highest BCUT2D eigenvalue weighted by Crippen LogP contribution is 1.91. The number of carbonyl (C=O) groups excluding carboxylic acids is 1. The average molecular weight is 150 g/mol. The maximum atomic E-state index is 10.7. The molecular weight excluding hydrogens is 144 g/mol. The molecule has 11 heavy (non-hydrogen) atoms. The lowest BCUT2D eigenvalue weighted by molar-refractivity contribution is -0.119. The van der Waals surface area contributed by atoms with E-state index in [0.29, 0.717) is 5.69 Å². The van der Waals surface area contributed by atoms with Gasteiger partial charge in [-0.15, -0.1) is 0 Å². The van der Waals surface area contributed by atoms with Gasteiger partial charge in [0.05, 0.1) is 6.42 Å². The van der Waals surface area contributed by atoms with Crippen molar-refractivity contribution in [2.75, 3.05) is 0 Å². The third-order valence-corrected chi connectivity index (χ3v) is 1.10. The summed E-state index contributed by atoms with van der Waals surface area (Å²) >= 11 is 0. The first-order valence-electron chi connectivity index (χ1n) is 2.99. The Bertz CT molecular complexity index is 271. The van der Waals surface area contributed by atoms with Crippen molar-refractivity contribution < 1.29 is 4.79 Å². The second-order valence-corrected chi connectivity index (χ2v) is 1.92. The van der Waals surface area contributed by atoms with Crippen LogP contribution in [0.2, 0.25) is 0 Å². The number of aromatic nitrogens is 2. The normalized spacial score (nSPS) is 8.64. The van der Waals surface area contributed by atoms with Crippen molar-refractivity contribution in [3.05, 3.63) is 18.0 Å². The summed E-state index contributed by atoms with van der Waals surface area (Å²) in [6, 6.07) is 1.68. The monoisotopic (exact) mass is 150 g/mol. The largest absolute Gasteiger partial charge is 0.282 e. The van der Waals surface area contributed by atoms with E-state index in [9.17, 15) is 4.79 Å². The first-order chi connectivity index (χ1) is 5.33. The molecule has 1 rings (SSSR count). The highest BCUT2D eigenvalue weighted by atomic mass is 16.1. The lowest BCUT2D eigenvalue weighted by Crippen LogP contribution is -2.19. The molecule has 0 bridgehead atoms. The van der Waals surface area contributed by atoms with Gasteiger partial charge in [0.2, 0.25) is 5.91 Å². The molecule has 2 N–H and O–H groups in total. The number of carbonyl (C=O) groups is 1. The first-order valence-corrected chi connectivity index (χ1v) is 2.99. The Balaban J connectivity index is 2.45. The molecule has 1 aromatic heterocycles. The van der Waals surface area contributed by atoms with Gasteiger partial charge in [0, 0.05) is 11.9 Å². The van der Waals surface area contributed by atoms with Gasteiger partial charge in [-0.2, -0.15) is 10.4 Å². The van der Waals surface area contributed by atoms with Crippen LogP contribution in [-0.4, -0.2) is 16.1 Å². The fourth-order valence-corrected chi connectivity index (χ4v) is 0.663. The molecule has 1 amide bonds. The van der Waals surface area contributed by atoms with Crippen molar-refractivity contribution in [3.8, 4) is 6.19 Å². The zero-order valence-corrected chi connectivity index (χ0v) is 5.66. The minimum absolute atomic E-state index is 0.160. The highest BCUT2D eigenvalue weighted by Gasteiger charge is 2.01. The molecule has 0 aromatic carbocycles. The molecule has 5 heteroatoms. The van der Waals surface area contributed by atoms with E-state index in [2.05, 4.69) is 10.2 Å². The molecule has 0 aliphatic rings. The Morgan fingerprint density at radius 2 is 2.73 bits per heavy atom. The second kappa shape index (κ2) is 3.37. The molecule has 1 heterocycles. The SMILES string of the molecule is N#CNC(=O)Cc1ccn[nH]1. The van der Waals surface area contributed by atoms with Crippen LogP contribution in [0.25, 0.3) is 0 Å². The van der Waals surface area contributed by atoms with Crippen molar-refractivity contribution in [2.24, 2.45) is 0 Å². The Kier molecular flexibility index (Phi) is 2.23. The molecule has 0 atom stereocenters. The molecule has 0 spiro atoms. The number of nitrogens with zero attached hydrogens (tertiary/aromatic N) is 2. The summed E-state index contributed by atoms with van der Waals surface area (Å²) in [6.07, 6.45) is 3.26. The lowest BCUT2D eigenvalue weighted by Gasteiger charge is -1.91. The predicted molar refractivity (Wildman–Crippen MR) is 36.0 cm³/mol. The van der Waals surface area contributed by atoms with Crippen molar-refractivity contribution in [1.82, 2.24) is 15.5 Å². The minimum Gasteiger partial charge on any atom is -0.282 e. The number of hydrogen-bond donors (Lipinski definition) is 2. The van der Waals surface area contributed by atoms with E-state index < -0.39 is 0 Å². The van der Waals surface area contributed by atoms with Gasteiger partial charge in [-0.05, 0) is 6.07 Å². The summed E-state index contributed by atoms with van der Waals surface area (Å²) in [5.41, 5.74) is 0.692. The Morgan fingerprint density at radius 3 is 3.27 bits per heavy atom. The van der Waals surface area contributed by atoms with Gasteiger partial charge in [-0.3, -0.25) is 15.2 Å². The molecule has 0 saturated heterocycles. The number of H-pyrrole nitrogens is 1. The predicted octanol–water partition coefficient (Wildman–Crippen LogP) is -0.451. The molecule has 0 fully saturated rings. The number of aromatic amines is 1. The summed E-state index contributed by atoms with van der Waals surface area (Å²) in [5.74, 6) is -0.336. The summed E-state index contributed by atoms with van der Waals surface area (Å²) in [7, 11) is 0. The third-order valence-electron chi connectivity index (χ3n) is 1.10. The van der Waals surface area contributed by atoms with E-state index in [-0.39, 0.29) is 12.3 Å². The molecule has 0 radical (unpaired) electrons. The van der Waals surface area contributed by atoms with Gasteiger partial charge < -0.3 is 0 Å². The molecule has 5 nitrogen and oxygen atoms in total. The van der Waals surface area contributed by atoms with E-state index in [1.54, 1.807) is 18.5 Å². The fraction of sp³-hybridized carbons (Fsp3) is 0.167. The van der Waals surface area contributed by atoms with Crippen LogP contribution >= 0.6 is 0 Å². The minimum atomic E-state index is -0.336. The summed E-state index contributed by atoms with van der Waals surface area (Å²) < 4.78 is 0. The Morgan fingerprint density at radius 1 is 1.91 bits per heavy atom. The van der Waals surface area contributed by atoms with Crippen LogP contribution in [0.3, 0.4) is 0 Å². The van der Waals surface area contributed by atoms with Crippen LogP contribution in [0, 0.1) is 11.5 Å². The van der Waals surface area contributed by atoms with Crippen LogP contribution in [0.4, 0.5) is 0 Å². The van der Waals surface area contributed by atoms with Crippen molar-refractivity contribution in [3.63, 3.8) is 0 Å². The van der Waals surface area contributed by atoms with Gasteiger partial charge in [0.1, 0.15) is 0 Å². The van der Waals surface area contributed by atoms with Crippen LogP contribution < -0.4 is 5.32 Å². The molecule has 0 saturated carbocycles. The number of nitriles is 1. The van der Waals surface area contributed by atoms with Crippen LogP contribution in [0.1, 0.15) is 5.69 Å². The standard InChI is InChI=1S/C6H6N4O/c7-4-8-6(11)3-5-1-2-9-10-5/h1-2H,3H2,(H,8,11)(H,9,10). The number of hydrogen-bond acceptors (Lipinski definition) is 3. The molecular formula is C6H6N4O. The maximum absolute atomic E-state index is 10.7. The molecule has 0 aliphatic carbocycles. The Hall–Kier alpha value is -1.83. The number of rotatable bonds is 2. The zero-order chi connectivity index (χ0) is 8.10. The smallest absolute Gasteiger partial charge is 0.238 e. The van der Waals surface area contributed by atoms with Gasteiger partial charge >= 0.3 is 0 Å². The zero-order valence-electron chi connectivity index (χ0n) is 5.66. The van der Waals surface area contributed by atoms with Gasteiger partial charge in [0.15, 0.2) is 6.19 Å². The van der Waals surface area contributed by atoms with Crippen LogP contribution in [0.15, 0.2) is 12.3 Å². The summed E-state index contributed by atoms with van der Waals surface area (Å²) in [4.78, 5) is 10.7. The molecule has 1 aromatic rings. The number of nitrogens with one attached hydrogen (secondary N) is 2. The Labute approximate surface area is 63.0 Å². The van der Waals surface area contributed by atoms with Gasteiger partial charge in [-0.1, -0.05) is 0 Å². The van der Waals surface area contributed by atoms with Crippen molar-refractivity contribution in [1.29, 1.82) is 5.26 Å². The maximum Gasteiger partial charge on any atom is 0.238 e. The van der Waals surface area contributed by atoms with Crippen LogP contribution in [0.5, 0.6) is 0 Å². The number of amides is 1. The van der Waals surface area contributed by atoms with E-state index in [1.165, 1.54) is 0 Å². The molecule has 0 aliphatic heterocycles. The highest BCUT2D eigenvalue weighted by molar-refractivity contribution is 5.79. The summed E-state index contributed by atoms with van der Waals surface area (Å²) in [6.45, 7) is 0. The molecule has 0 unspecified atom stereocenters. The van der Waals surface area contributed by atoms with Crippen molar-refractivity contribution >= 4 is 5.91 Å². The lowest BCUT2D eigenvalue weighted by atomic mass is 10.3. The topological polar surface area (TPSA) is 81.6 Å². The molecule has 56 valence electrons. The van der Waals surface area contributed by atoms with Crippen LogP contribution in [-0.2, 0) is 11.2 Å². The summed E-state index contributed by atoms with van der Waals surface area (Å²) in [5, 5.41) is 16.3. The third kappa shape index (κ3) is 2.10. The van der Waals surface area contributed by atoms with Crippen molar-refractivity contribution in [2.45, 2.75) is 6.42 Å². The van der Waals surface area contributed by atoms with Gasteiger partial charge in [0.25, 0.3) is 0 Å².